The van der Waals surface area contributed by atoms with Gasteiger partial charge in [-0.05, 0) is 46.7 Å². The van der Waals surface area contributed by atoms with Gasteiger partial charge < -0.3 is 24.8 Å². The van der Waals surface area contributed by atoms with Gasteiger partial charge in [-0.15, -0.1) is 0 Å². The minimum atomic E-state index is -0.343. The summed E-state index contributed by atoms with van der Waals surface area (Å²) >= 11 is 0. The normalized spacial score (nSPS) is 13.6. The summed E-state index contributed by atoms with van der Waals surface area (Å²) in [6.45, 7) is 3.44. The third-order valence-electron chi connectivity index (χ3n) is 6.02. The van der Waals surface area contributed by atoms with Crippen molar-refractivity contribution in [1.29, 1.82) is 0 Å². The monoisotopic (exact) mass is 482 g/mol. The van der Waals surface area contributed by atoms with Crippen LogP contribution in [0.5, 0.6) is 0 Å². The number of methoxy groups -OCH3 is 2. The SMILES string of the molecule is COCCNC(=O)CCCc1ccc2c(c1)C(COC(C)=O)c1cccc(C(=O)NCCOC)c1-2. The van der Waals surface area contributed by atoms with E-state index in [-0.39, 0.29) is 30.3 Å². The van der Waals surface area contributed by atoms with E-state index in [9.17, 15) is 14.4 Å². The summed E-state index contributed by atoms with van der Waals surface area (Å²) in [6, 6.07) is 11.8. The Morgan fingerprint density at radius 2 is 1.69 bits per heavy atom. The first kappa shape index (κ1) is 26.4. The number of carbonyl (C=O) groups excluding carboxylic acids is 3. The quantitative estimate of drug-likeness (QED) is 0.336. The summed E-state index contributed by atoms with van der Waals surface area (Å²) in [5.41, 5.74) is 5.52. The van der Waals surface area contributed by atoms with Crippen molar-refractivity contribution in [3.05, 3.63) is 58.7 Å². The molecular formula is C27H34N2O6. The van der Waals surface area contributed by atoms with E-state index in [0.29, 0.717) is 44.7 Å². The second kappa shape index (κ2) is 13.0. The molecule has 0 aromatic heterocycles. The van der Waals surface area contributed by atoms with Crippen LogP contribution in [0.15, 0.2) is 36.4 Å². The van der Waals surface area contributed by atoms with E-state index < -0.39 is 0 Å². The molecule has 1 aliphatic carbocycles. The molecule has 2 N–H and O–H groups in total. The molecule has 0 radical (unpaired) electrons. The number of esters is 1. The lowest BCUT2D eigenvalue weighted by atomic mass is 9.95. The molecule has 1 aliphatic rings. The molecule has 1 unspecified atom stereocenters. The predicted molar refractivity (Wildman–Crippen MR) is 132 cm³/mol. The Morgan fingerprint density at radius 3 is 2.40 bits per heavy atom. The Bertz CT molecular complexity index is 1050. The van der Waals surface area contributed by atoms with E-state index >= 15 is 0 Å². The van der Waals surface area contributed by atoms with Crippen molar-refractivity contribution in [3.8, 4) is 11.1 Å². The second-order valence-electron chi connectivity index (χ2n) is 8.49. The molecule has 1 atom stereocenters. The summed E-state index contributed by atoms with van der Waals surface area (Å²) in [4.78, 5) is 36.5. The predicted octanol–water partition coefficient (Wildman–Crippen LogP) is 2.82. The first-order valence-corrected chi connectivity index (χ1v) is 11.9. The molecule has 35 heavy (non-hydrogen) atoms. The molecule has 0 spiro atoms. The number of hydrogen-bond donors (Lipinski definition) is 2. The van der Waals surface area contributed by atoms with Crippen LogP contribution >= 0.6 is 0 Å². The molecule has 2 aromatic carbocycles. The van der Waals surface area contributed by atoms with Crippen molar-refractivity contribution in [2.45, 2.75) is 32.1 Å². The van der Waals surface area contributed by atoms with Crippen LogP contribution in [-0.4, -0.2) is 64.9 Å². The molecule has 0 aliphatic heterocycles. The van der Waals surface area contributed by atoms with Crippen LogP contribution in [0.4, 0.5) is 0 Å². The van der Waals surface area contributed by atoms with Gasteiger partial charge in [-0.25, -0.2) is 0 Å². The van der Waals surface area contributed by atoms with Gasteiger partial charge in [0, 0.05) is 52.1 Å². The van der Waals surface area contributed by atoms with Gasteiger partial charge >= 0.3 is 5.97 Å². The van der Waals surface area contributed by atoms with Crippen molar-refractivity contribution in [3.63, 3.8) is 0 Å². The van der Waals surface area contributed by atoms with E-state index in [0.717, 1.165) is 34.2 Å². The molecular weight excluding hydrogens is 448 g/mol. The van der Waals surface area contributed by atoms with E-state index in [4.69, 9.17) is 14.2 Å². The Kier molecular flexibility index (Phi) is 9.81. The highest BCUT2D eigenvalue weighted by Crippen LogP contribution is 2.47. The first-order chi connectivity index (χ1) is 17.0. The minimum Gasteiger partial charge on any atom is -0.465 e. The number of rotatable bonds is 13. The Morgan fingerprint density at radius 1 is 0.943 bits per heavy atom. The lowest BCUT2D eigenvalue weighted by molar-refractivity contribution is -0.141. The van der Waals surface area contributed by atoms with Crippen LogP contribution in [0, 0.1) is 0 Å². The average Bonchev–Trinajstić information content (AvgIpc) is 3.16. The number of carbonyl (C=O) groups is 3. The largest absolute Gasteiger partial charge is 0.465 e. The summed E-state index contributed by atoms with van der Waals surface area (Å²) < 4.78 is 15.4. The summed E-state index contributed by atoms with van der Waals surface area (Å²) in [7, 11) is 3.19. The number of benzene rings is 2. The van der Waals surface area contributed by atoms with Crippen LogP contribution in [0.3, 0.4) is 0 Å². The molecule has 2 aromatic rings. The zero-order chi connectivity index (χ0) is 25.2. The molecule has 0 saturated heterocycles. The topological polar surface area (TPSA) is 103 Å². The third kappa shape index (κ3) is 6.90. The molecule has 0 saturated carbocycles. The summed E-state index contributed by atoms with van der Waals surface area (Å²) in [6.07, 6.45) is 1.89. The maximum absolute atomic E-state index is 12.9. The number of fused-ring (bicyclic) bond motifs is 3. The molecule has 3 rings (SSSR count). The molecule has 2 amide bonds. The molecule has 8 heteroatoms. The van der Waals surface area contributed by atoms with Crippen molar-refractivity contribution < 1.29 is 28.6 Å². The summed E-state index contributed by atoms with van der Waals surface area (Å²) in [5.74, 6) is -0.661. The Balaban J connectivity index is 1.82. The highest BCUT2D eigenvalue weighted by Gasteiger charge is 2.32. The van der Waals surface area contributed by atoms with E-state index in [2.05, 4.69) is 16.7 Å². The highest BCUT2D eigenvalue weighted by molar-refractivity contribution is 6.03. The van der Waals surface area contributed by atoms with Crippen LogP contribution in [0.1, 0.15) is 52.7 Å². The van der Waals surface area contributed by atoms with Crippen molar-refractivity contribution in [2.75, 3.05) is 47.1 Å². The fraction of sp³-hybridized carbons (Fsp3) is 0.444. The van der Waals surface area contributed by atoms with Gasteiger partial charge in [0.1, 0.15) is 6.61 Å². The number of amides is 2. The van der Waals surface area contributed by atoms with Crippen LogP contribution in [0.25, 0.3) is 11.1 Å². The van der Waals surface area contributed by atoms with Crippen LogP contribution < -0.4 is 10.6 Å². The molecule has 8 nitrogen and oxygen atoms in total. The molecule has 0 bridgehead atoms. The van der Waals surface area contributed by atoms with Crippen LogP contribution in [0.2, 0.25) is 0 Å². The van der Waals surface area contributed by atoms with Crippen molar-refractivity contribution in [2.24, 2.45) is 0 Å². The van der Waals surface area contributed by atoms with Crippen molar-refractivity contribution in [1.82, 2.24) is 10.6 Å². The summed E-state index contributed by atoms with van der Waals surface area (Å²) in [5, 5.41) is 5.73. The molecule has 0 heterocycles. The highest BCUT2D eigenvalue weighted by atomic mass is 16.5. The molecule has 0 fully saturated rings. The number of nitrogens with one attached hydrogen (secondary N) is 2. The smallest absolute Gasteiger partial charge is 0.302 e. The Hall–Kier alpha value is -3.23. The standard InChI is InChI=1S/C27H34N2O6/c1-18(30)35-17-24-20-7-5-8-22(27(32)29-13-15-34-3)26(20)21-11-10-19(16-23(21)24)6-4-9-25(31)28-12-14-33-2/h5,7-8,10-11,16,24H,4,6,9,12-15,17H2,1-3H3,(H,28,31)(H,29,32). The average molecular weight is 483 g/mol. The zero-order valence-corrected chi connectivity index (χ0v) is 20.6. The lowest BCUT2D eigenvalue weighted by Crippen LogP contribution is -2.27. The van der Waals surface area contributed by atoms with Gasteiger partial charge in [-0.2, -0.15) is 0 Å². The lowest BCUT2D eigenvalue weighted by Gasteiger charge is -2.14. The van der Waals surface area contributed by atoms with Gasteiger partial charge in [-0.3, -0.25) is 14.4 Å². The maximum atomic E-state index is 12.9. The fourth-order valence-corrected chi connectivity index (χ4v) is 4.38. The fourth-order valence-electron chi connectivity index (χ4n) is 4.38. The van der Waals surface area contributed by atoms with Crippen LogP contribution in [-0.2, 0) is 30.2 Å². The molecule has 188 valence electrons. The zero-order valence-electron chi connectivity index (χ0n) is 20.6. The third-order valence-corrected chi connectivity index (χ3v) is 6.02. The first-order valence-electron chi connectivity index (χ1n) is 11.9. The number of ether oxygens (including phenoxy) is 3. The van der Waals surface area contributed by atoms with Gasteiger partial charge in [-0.1, -0.05) is 30.3 Å². The van der Waals surface area contributed by atoms with E-state index in [1.54, 1.807) is 14.2 Å². The van der Waals surface area contributed by atoms with Crippen molar-refractivity contribution >= 4 is 17.8 Å². The van der Waals surface area contributed by atoms with Gasteiger partial charge in [0.05, 0.1) is 13.2 Å². The second-order valence-corrected chi connectivity index (χ2v) is 8.49. The van der Waals surface area contributed by atoms with E-state index in [1.807, 2.05) is 30.3 Å². The maximum Gasteiger partial charge on any atom is 0.302 e. The van der Waals surface area contributed by atoms with E-state index in [1.165, 1.54) is 6.92 Å². The Labute approximate surface area is 206 Å². The number of hydrogen-bond acceptors (Lipinski definition) is 6. The van der Waals surface area contributed by atoms with Gasteiger partial charge in [0.2, 0.25) is 5.91 Å². The van der Waals surface area contributed by atoms with Gasteiger partial charge in [0.25, 0.3) is 5.91 Å². The minimum absolute atomic E-state index is 0.00692. The number of aryl methyl sites for hydroxylation is 1. The van der Waals surface area contributed by atoms with Gasteiger partial charge in [0.15, 0.2) is 0 Å².